The molecule has 0 atom stereocenters. The number of rotatable bonds is 3. The second kappa shape index (κ2) is 4.85. The largest absolute Gasteiger partial charge is 0.441 e. The van der Waals surface area contributed by atoms with Crippen molar-refractivity contribution in [3.05, 3.63) is 54.2 Å². The zero-order valence-corrected chi connectivity index (χ0v) is 11.7. The molecule has 0 radical (unpaired) electrons. The Morgan fingerprint density at radius 2 is 1.86 bits per heavy atom. The van der Waals surface area contributed by atoms with Gasteiger partial charge in [-0.3, -0.25) is 0 Å². The summed E-state index contributed by atoms with van der Waals surface area (Å²) in [6.45, 7) is 1.69. The van der Waals surface area contributed by atoms with Gasteiger partial charge in [-0.15, -0.1) is 0 Å². The maximum atomic E-state index is 12.8. The van der Waals surface area contributed by atoms with Gasteiger partial charge in [-0.25, -0.2) is 9.37 Å². The molecule has 0 saturated heterocycles. The number of hydrogen-bond donors (Lipinski definition) is 0. The first-order valence-electron chi connectivity index (χ1n) is 6.01. The van der Waals surface area contributed by atoms with E-state index in [-0.39, 0.29) is 10.6 Å². The lowest BCUT2D eigenvalue weighted by atomic mass is 10.3. The zero-order valence-electron chi connectivity index (χ0n) is 10.9. The van der Waals surface area contributed by atoms with E-state index in [2.05, 4.69) is 4.98 Å². The van der Waals surface area contributed by atoms with E-state index in [0.717, 1.165) is 24.3 Å². The van der Waals surface area contributed by atoms with Crippen LogP contribution in [-0.2, 0) is 10.1 Å². The summed E-state index contributed by atoms with van der Waals surface area (Å²) in [6.07, 6.45) is 0. The van der Waals surface area contributed by atoms with Crippen molar-refractivity contribution in [1.29, 1.82) is 0 Å². The van der Waals surface area contributed by atoms with Gasteiger partial charge in [-0.05, 0) is 36.4 Å². The molecular formula is C14H10FNO4S. The van der Waals surface area contributed by atoms with Crippen LogP contribution in [0, 0.1) is 12.7 Å². The molecule has 2 aromatic carbocycles. The Morgan fingerprint density at radius 3 is 2.57 bits per heavy atom. The van der Waals surface area contributed by atoms with Crippen LogP contribution in [0.5, 0.6) is 5.75 Å². The fourth-order valence-corrected chi connectivity index (χ4v) is 2.77. The minimum atomic E-state index is -4.02. The number of oxazole rings is 1. The Bertz CT molecular complexity index is 900. The zero-order chi connectivity index (χ0) is 15.0. The van der Waals surface area contributed by atoms with Crippen molar-refractivity contribution in [2.24, 2.45) is 0 Å². The van der Waals surface area contributed by atoms with Gasteiger partial charge < -0.3 is 8.60 Å². The number of halogens is 1. The number of benzene rings is 2. The Kier molecular flexibility index (Phi) is 3.13. The number of fused-ring (bicyclic) bond motifs is 1. The monoisotopic (exact) mass is 307 g/mol. The molecule has 0 aliphatic carbocycles. The summed E-state index contributed by atoms with van der Waals surface area (Å²) in [5.74, 6) is 0.0668. The molecule has 0 bridgehead atoms. The highest BCUT2D eigenvalue weighted by Gasteiger charge is 2.17. The van der Waals surface area contributed by atoms with Crippen molar-refractivity contribution in [3.63, 3.8) is 0 Å². The van der Waals surface area contributed by atoms with E-state index in [1.54, 1.807) is 13.0 Å². The van der Waals surface area contributed by atoms with Crippen molar-refractivity contribution < 1.29 is 21.4 Å². The lowest BCUT2D eigenvalue weighted by Gasteiger charge is -2.06. The molecule has 1 heterocycles. The molecule has 0 saturated carbocycles. The topological polar surface area (TPSA) is 69.4 Å². The summed E-state index contributed by atoms with van der Waals surface area (Å²) in [5, 5.41) is 0. The molecule has 5 nitrogen and oxygen atoms in total. The van der Waals surface area contributed by atoms with E-state index >= 15 is 0 Å². The Hall–Kier alpha value is -2.41. The first-order chi connectivity index (χ1) is 9.94. The molecular weight excluding hydrogens is 297 g/mol. The number of hydrogen-bond acceptors (Lipinski definition) is 5. The van der Waals surface area contributed by atoms with Crippen LogP contribution in [0.4, 0.5) is 4.39 Å². The van der Waals surface area contributed by atoms with Crippen molar-refractivity contribution in [1.82, 2.24) is 4.98 Å². The molecule has 1 aromatic heterocycles. The molecule has 0 N–H and O–H groups in total. The number of aryl methyl sites for hydroxylation is 1. The predicted octanol–water partition coefficient (Wildman–Crippen LogP) is 3.04. The summed E-state index contributed by atoms with van der Waals surface area (Å²) in [4.78, 5) is 3.97. The molecule has 108 valence electrons. The summed E-state index contributed by atoms with van der Waals surface area (Å²) in [6, 6.07) is 8.90. The molecule has 7 heteroatoms. The van der Waals surface area contributed by atoms with Crippen molar-refractivity contribution in [3.8, 4) is 5.75 Å². The first kappa shape index (κ1) is 13.6. The van der Waals surface area contributed by atoms with Gasteiger partial charge in [0.1, 0.15) is 22.0 Å². The molecule has 3 aromatic rings. The molecule has 0 spiro atoms. The van der Waals surface area contributed by atoms with Gasteiger partial charge in [-0.1, -0.05) is 0 Å². The number of nitrogens with zero attached hydrogens (tertiary/aromatic N) is 1. The van der Waals surface area contributed by atoms with Gasteiger partial charge in [0.25, 0.3) is 0 Å². The van der Waals surface area contributed by atoms with Gasteiger partial charge in [0.2, 0.25) is 0 Å². The van der Waals surface area contributed by atoms with Gasteiger partial charge in [0, 0.05) is 13.0 Å². The summed E-state index contributed by atoms with van der Waals surface area (Å²) < 4.78 is 47.3. The summed E-state index contributed by atoms with van der Waals surface area (Å²) >= 11 is 0. The van der Waals surface area contributed by atoms with Crippen LogP contribution in [0.25, 0.3) is 11.1 Å². The molecule has 0 unspecified atom stereocenters. The van der Waals surface area contributed by atoms with Crippen LogP contribution in [0.3, 0.4) is 0 Å². The highest BCUT2D eigenvalue weighted by molar-refractivity contribution is 7.87. The smallest absolute Gasteiger partial charge is 0.339 e. The van der Waals surface area contributed by atoms with Crippen LogP contribution in [-0.4, -0.2) is 13.4 Å². The van der Waals surface area contributed by atoms with Crippen LogP contribution in [0.1, 0.15) is 5.89 Å². The van der Waals surface area contributed by atoms with E-state index in [0.29, 0.717) is 17.0 Å². The highest BCUT2D eigenvalue weighted by atomic mass is 32.2. The summed E-state index contributed by atoms with van der Waals surface area (Å²) in [7, 11) is -4.02. The third kappa shape index (κ3) is 2.73. The molecule has 3 rings (SSSR count). The summed E-state index contributed by atoms with van der Waals surface area (Å²) in [5.41, 5.74) is 1.04. The minimum Gasteiger partial charge on any atom is -0.441 e. The van der Waals surface area contributed by atoms with E-state index in [4.69, 9.17) is 8.60 Å². The average Bonchev–Trinajstić information content (AvgIpc) is 2.78. The van der Waals surface area contributed by atoms with E-state index in [9.17, 15) is 12.8 Å². The number of aromatic nitrogens is 1. The quantitative estimate of drug-likeness (QED) is 0.696. The maximum absolute atomic E-state index is 12.8. The first-order valence-corrected chi connectivity index (χ1v) is 7.42. The normalized spacial score (nSPS) is 11.7. The Labute approximate surface area is 120 Å². The van der Waals surface area contributed by atoms with Crippen LogP contribution >= 0.6 is 0 Å². The maximum Gasteiger partial charge on any atom is 0.339 e. The Morgan fingerprint density at radius 1 is 1.14 bits per heavy atom. The fraction of sp³-hybridized carbons (Fsp3) is 0.0714. The van der Waals surface area contributed by atoms with Gasteiger partial charge in [0.15, 0.2) is 11.5 Å². The molecule has 0 aliphatic rings. The lowest BCUT2D eigenvalue weighted by Crippen LogP contribution is -2.09. The minimum absolute atomic E-state index is 0.111. The van der Waals surface area contributed by atoms with E-state index in [1.165, 1.54) is 12.1 Å². The SMILES string of the molecule is Cc1nc2cc(OS(=O)(=O)c3ccc(F)cc3)ccc2o1. The molecule has 0 aliphatic heterocycles. The molecule has 0 amide bonds. The Balaban J connectivity index is 1.94. The average molecular weight is 307 g/mol. The van der Waals surface area contributed by atoms with Crippen molar-refractivity contribution in [2.75, 3.05) is 0 Å². The van der Waals surface area contributed by atoms with Crippen LogP contribution in [0.15, 0.2) is 51.8 Å². The fourth-order valence-electron chi connectivity index (χ4n) is 1.85. The van der Waals surface area contributed by atoms with E-state index in [1.807, 2.05) is 0 Å². The van der Waals surface area contributed by atoms with Crippen molar-refractivity contribution >= 4 is 21.2 Å². The van der Waals surface area contributed by atoms with Gasteiger partial charge in [-0.2, -0.15) is 8.42 Å². The van der Waals surface area contributed by atoms with Gasteiger partial charge in [0.05, 0.1) is 0 Å². The third-order valence-corrected chi connectivity index (χ3v) is 4.04. The molecule has 21 heavy (non-hydrogen) atoms. The lowest BCUT2D eigenvalue weighted by molar-refractivity contribution is 0.486. The van der Waals surface area contributed by atoms with Crippen molar-refractivity contribution in [2.45, 2.75) is 11.8 Å². The predicted molar refractivity (Wildman–Crippen MR) is 73.0 cm³/mol. The highest BCUT2D eigenvalue weighted by Crippen LogP contribution is 2.24. The van der Waals surface area contributed by atoms with Gasteiger partial charge >= 0.3 is 10.1 Å². The standard InChI is InChI=1S/C14H10FNO4S/c1-9-16-13-8-11(4-7-14(13)19-9)20-21(17,18)12-5-2-10(15)3-6-12/h2-8H,1H3. The second-order valence-corrected chi connectivity index (χ2v) is 5.90. The van der Waals surface area contributed by atoms with E-state index < -0.39 is 15.9 Å². The second-order valence-electron chi connectivity index (χ2n) is 4.35. The van der Waals surface area contributed by atoms with Crippen LogP contribution in [0.2, 0.25) is 0 Å². The molecule has 0 fully saturated rings. The third-order valence-electron chi connectivity index (χ3n) is 2.77. The van der Waals surface area contributed by atoms with Crippen LogP contribution < -0.4 is 4.18 Å².